The van der Waals surface area contributed by atoms with E-state index in [4.69, 9.17) is 5.11 Å². The SMILES string of the molecule is Cc1cc(C(=O)NC(C)Cc2ccsc2)sc1C#CCO. The van der Waals surface area contributed by atoms with Crippen LogP contribution in [0.25, 0.3) is 0 Å². The lowest BCUT2D eigenvalue weighted by Gasteiger charge is -2.12. The molecule has 0 fully saturated rings. The molecule has 0 aliphatic carbocycles. The molecule has 110 valence electrons. The maximum absolute atomic E-state index is 12.2. The van der Waals surface area contributed by atoms with Gasteiger partial charge in [0, 0.05) is 6.04 Å². The fourth-order valence-corrected chi connectivity index (χ4v) is 3.58. The molecule has 0 aromatic carbocycles. The zero-order valence-corrected chi connectivity index (χ0v) is 13.6. The van der Waals surface area contributed by atoms with Gasteiger partial charge in [0.25, 0.3) is 5.91 Å². The van der Waals surface area contributed by atoms with Gasteiger partial charge in [-0.05, 0) is 54.3 Å². The second kappa shape index (κ2) is 7.41. The first kappa shape index (κ1) is 15.8. The van der Waals surface area contributed by atoms with E-state index < -0.39 is 0 Å². The van der Waals surface area contributed by atoms with Gasteiger partial charge in [-0.15, -0.1) is 11.3 Å². The highest BCUT2D eigenvalue weighted by molar-refractivity contribution is 7.14. The van der Waals surface area contributed by atoms with Crippen molar-refractivity contribution in [2.75, 3.05) is 6.61 Å². The minimum Gasteiger partial charge on any atom is -0.384 e. The second-order valence-corrected chi connectivity index (χ2v) is 6.63. The first-order chi connectivity index (χ1) is 10.1. The van der Waals surface area contributed by atoms with E-state index in [-0.39, 0.29) is 18.6 Å². The molecule has 21 heavy (non-hydrogen) atoms. The van der Waals surface area contributed by atoms with Crippen LogP contribution in [-0.2, 0) is 6.42 Å². The summed E-state index contributed by atoms with van der Waals surface area (Å²) in [5, 5.41) is 15.9. The first-order valence-corrected chi connectivity index (χ1v) is 8.38. The van der Waals surface area contributed by atoms with E-state index in [1.165, 1.54) is 16.9 Å². The van der Waals surface area contributed by atoms with Gasteiger partial charge in [0.15, 0.2) is 0 Å². The van der Waals surface area contributed by atoms with Crippen molar-refractivity contribution in [1.29, 1.82) is 0 Å². The molecule has 2 aromatic rings. The summed E-state index contributed by atoms with van der Waals surface area (Å²) in [7, 11) is 0. The van der Waals surface area contributed by atoms with Crippen LogP contribution >= 0.6 is 22.7 Å². The number of amides is 1. The molecule has 2 heterocycles. The number of nitrogens with one attached hydrogen (secondary N) is 1. The molecule has 0 radical (unpaired) electrons. The Morgan fingerprint density at radius 2 is 2.33 bits per heavy atom. The summed E-state index contributed by atoms with van der Waals surface area (Å²) in [4.78, 5) is 13.7. The Labute approximate surface area is 132 Å². The fraction of sp³-hybridized carbons (Fsp3) is 0.312. The van der Waals surface area contributed by atoms with Crippen LogP contribution in [-0.4, -0.2) is 23.7 Å². The Morgan fingerprint density at radius 3 is 3.00 bits per heavy atom. The van der Waals surface area contributed by atoms with E-state index in [1.54, 1.807) is 11.3 Å². The Hall–Kier alpha value is -1.61. The molecule has 2 aromatic heterocycles. The van der Waals surface area contributed by atoms with Gasteiger partial charge in [0.2, 0.25) is 0 Å². The summed E-state index contributed by atoms with van der Waals surface area (Å²) in [6.45, 7) is 3.75. The summed E-state index contributed by atoms with van der Waals surface area (Å²) in [5.41, 5.74) is 2.21. The largest absolute Gasteiger partial charge is 0.384 e. The van der Waals surface area contributed by atoms with E-state index in [2.05, 4.69) is 28.6 Å². The third-order valence-corrected chi connectivity index (χ3v) is 4.81. The molecule has 1 unspecified atom stereocenters. The van der Waals surface area contributed by atoms with Gasteiger partial charge in [0.1, 0.15) is 6.61 Å². The van der Waals surface area contributed by atoms with Crippen molar-refractivity contribution >= 4 is 28.6 Å². The van der Waals surface area contributed by atoms with Crippen LogP contribution in [0.3, 0.4) is 0 Å². The van der Waals surface area contributed by atoms with Crippen LogP contribution < -0.4 is 5.32 Å². The van der Waals surface area contributed by atoms with Crippen LogP contribution in [0.4, 0.5) is 0 Å². The standard InChI is InChI=1S/C16H17NO2S2/c1-11-8-15(21-14(11)4-3-6-18)16(19)17-12(2)9-13-5-7-20-10-13/h5,7-8,10,12,18H,6,9H2,1-2H3,(H,17,19). The lowest BCUT2D eigenvalue weighted by atomic mass is 10.1. The Morgan fingerprint density at radius 1 is 1.52 bits per heavy atom. The number of hydrogen-bond acceptors (Lipinski definition) is 4. The Bertz CT molecular complexity index is 662. The molecule has 2 rings (SSSR count). The quantitative estimate of drug-likeness (QED) is 0.852. The maximum atomic E-state index is 12.2. The van der Waals surface area contributed by atoms with Gasteiger partial charge >= 0.3 is 0 Å². The van der Waals surface area contributed by atoms with Crippen LogP contribution in [0.2, 0.25) is 0 Å². The van der Waals surface area contributed by atoms with Gasteiger partial charge in [-0.2, -0.15) is 11.3 Å². The molecule has 0 bridgehead atoms. The fourth-order valence-electron chi connectivity index (χ4n) is 1.95. The van der Waals surface area contributed by atoms with Gasteiger partial charge in [0.05, 0.1) is 9.75 Å². The summed E-state index contributed by atoms with van der Waals surface area (Å²) in [6.07, 6.45) is 0.830. The molecule has 2 N–H and O–H groups in total. The van der Waals surface area contributed by atoms with Crippen molar-refractivity contribution < 1.29 is 9.90 Å². The smallest absolute Gasteiger partial charge is 0.261 e. The van der Waals surface area contributed by atoms with Crippen LogP contribution in [0, 0.1) is 18.8 Å². The second-order valence-electron chi connectivity index (χ2n) is 4.79. The zero-order chi connectivity index (χ0) is 15.2. The van der Waals surface area contributed by atoms with Gasteiger partial charge in [-0.25, -0.2) is 0 Å². The molecule has 0 saturated carbocycles. The third-order valence-electron chi connectivity index (χ3n) is 2.92. The van der Waals surface area contributed by atoms with Crippen molar-refractivity contribution in [1.82, 2.24) is 5.32 Å². The molecular formula is C16H17NO2S2. The average molecular weight is 319 g/mol. The van der Waals surface area contributed by atoms with Crippen molar-refractivity contribution in [2.45, 2.75) is 26.3 Å². The van der Waals surface area contributed by atoms with Crippen LogP contribution in [0.1, 0.15) is 32.6 Å². The van der Waals surface area contributed by atoms with Gasteiger partial charge in [-0.3, -0.25) is 4.79 Å². The number of aliphatic hydroxyl groups is 1. The highest BCUT2D eigenvalue weighted by Crippen LogP contribution is 2.21. The zero-order valence-electron chi connectivity index (χ0n) is 12.0. The Kier molecular flexibility index (Phi) is 5.57. The predicted molar refractivity (Wildman–Crippen MR) is 88.0 cm³/mol. The van der Waals surface area contributed by atoms with E-state index in [9.17, 15) is 4.79 Å². The molecule has 3 nitrogen and oxygen atoms in total. The number of thiophene rings is 2. The molecule has 1 amide bonds. The molecule has 0 aliphatic rings. The molecular weight excluding hydrogens is 302 g/mol. The topological polar surface area (TPSA) is 49.3 Å². The number of aliphatic hydroxyl groups excluding tert-OH is 1. The summed E-state index contributed by atoms with van der Waals surface area (Å²) in [6, 6.07) is 4.01. The lowest BCUT2D eigenvalue weighted by Crippen LogP contribution is -2.33. The van der Waals surface area contributed by atoms with E-state index in [0.29, 0.717) is 4.88 Å². The number of carbonyl (C=O) groups excluding carboxylic acids is 1. The molecule has 0 saturated heterocycles. The van der Waals surface area contributed by atoms with E-state index in [1.807, 2.05) is 25.3 Å². The van der Waals surface area contributed by atoms with Gasteiger partial charge < -0.3 is 10.4 Å². The average Bonchev–Trinajstić information content (AvgIpc) is 3.06. The van der Waals surface area contributed by atoms with Crippen molar-refractivity contribution in [2.24, 2.45) is 0 Å². The molecule has 1 atom stereocenters. The number of hydrogen-bond donors (Lipinski definition) is 2. The first-order valence-electron chi connectivity index (χ1n) is 6.62. The lowest BCUT2D eigenvalue weighted by molar-refractivity contribution is 0.0944. The molecule has 0 spiro atoms. The van der Waals surface area contributed by atoms with Crippen molar-refractivity contribution in [3.8, 4) is 11.8 Å². The molecule has 5 heteroatoms. The van der Waals surface area contributed by atoms with E-state index in [0.717, 1.165) is 16.9 Å². The third kappa shape index (κ3) is 4.43. The summed E-state index contributed by atoms with van der Waals surface area (Å²) < 4.78 is 0. The Balaban J connectivity index is 2.00. The maximum Gasteiger partial charge on any atom is 0.261 e. The van der Waals surface area contributed by atoms with Gasteiger partial charge in [-0.1, -0.05) is 11.8 Å². The minimum absolute atomic E-state index is 0.0668. The normalized spacial score (nSPS) is 11.6. The van der Waals surface area contributed by atoms with Crippen molar-refractivity contribution in [3.05, 3.63) is 43.8 Å². The van der Waals surface area contributed by atoms with Crippen molar-refractivity contribution in [3.63, 3.8) is 0 Å². The van der Waals surface area contributed by atoms with E-state index >= 15 is 0 Å². The van der Waals surface area contributed by atoms with Crippen LogP contribution in [0.5, 0.6) is 0 Å². The monoisotopic (exact) mass is 319 g/mol. The number of carbonyl (C=O) groups is 1. The minimum atomic E-state index is -0.170. The predicted octanol–water partition coefficient (Wildman–Crippen LogP) is 2.82. The highest BCUT2D eigenvalue weighted by atomic mass is 32.1. The molecule has 0 aliphatic heterocycles. The summed E-state index contributed by atoms with van der Waals surface area (Å²) >= 11 is 3.03. The highest BCUT2D eigenvalue weighted by Gasteiger charge is 2.14. The number of aryl methyl sites for hydroxylation is 1. The van der Waals surface area contributed by atoms with Crippen LogP contribution in [0.15, 0.2) is 22.9 Å². The summed E-state index contributed by atoms with van der Waals surface area (Å²) in [5.74, 6) is 5.41. The number of rotatable bonds is 4.